The van der Waals surface area contributed by atoms with Gasteiger partial charge < -0.3 is 14.6 Å². The van der Waals surface area contributed by atoms with E-state index < -0.39 is 5.41 Å². The third-order valence-electron chi connectivity index (χ3n) is 14.8. The van der Waals surface area contributed by atoms with E-state index in [0.717, 1.165) is 37.7 Å². The summed E-state index contributed by atoms with van der Waals surface area (Å²) in [6.07, 6.45) is 11.3. The van der Waals surface area contributed by atoms with Gasteiger partial charge in [-0.2, -0.15) is 0 Å². The van der Waals surface area contributed by atoms with Gasteiger partial charge in [0, 0.05) is 5.41 Å². The number of hydrogen-bond donors (Lipinski definition) is 1. The molecule has 0 bridgehead atoms. The number of allylic oxidation sites excluding steroid dienone is 2. The molecule has 4 saturated carbocycles. The van der Waals surface area contributed by atoms with Crippen LogP contribution in [-0.4, -0.2) is 29.4 Å². The molecular weight excluding hydrogens is 508 g/mol. The van der Waals surface area contributed by atoms with Gasteiger partial charge in [-0.05, 0) is 103 Å². The number of hydrogen-bond acceptors (Lipinski definition) is 4. The van der Waals surface area contributed by atoms with Crippen LogP contribution in [0, 0.1) is 50.2 Å². The predicted molar refractivity (Wildman–Crippen MR) is 161 cm³/mol. The Morgan fingerprint density at radius 3 is 2.39 bits per heavy atom. The summed E-state index contributed by atoms with van der Waals surface area (Å²) in [5.74, 6) is 1.40. The highest BCUT2D eigenvalue weighted by molar-refractivity contribution is 5.76. The van der Waals surface area contributed by atoms with E-state index in [1.807, 2.05) is 30.3 Å². The number of aliphatic hydroxyl groups is 1. The summed E-state index contributed by atoms with van der Waals surface area (Å²) in [6.45, 7) is 17.3. The highest BCUT2D eigenvalue weighted by atomic mass is 16.6. The first-order chi connectivity index (χ1) is 19.2. The minimum atomic E-state index is -0.446. The van der Waals surface area contributed by atoms with Crippen LogP contribution >= 0.6 is 0 Å². The lowest BCUT2D eigenvalue weighted by atomic mass is 9.33. The van der Waals surface area contributed by atoms with Crippen molar-refractivity contribution in [2.24, 2.45) is 50.2 Å². The van der Waals surface area contributed by atoms with Gasteiger partial charge in [-0.3, -0.25) is 4.79 Å². The van der Waals surface area contributed by atoms with E-state index in [2.05, 4.69) is 54.5 Å². The highest BCUT2D eigenvalue weighted by Crippen LogP contribution is 2.77. The number of benzene rings is 1. The van der Waals surface area contributed by atoms with E-state index in [1.165, 1.54) is 19.3 Å². The van der Waals surface area contributed by atoms with Crippen LogP contribution in [0.5, 0.6) is 0 Å². The monoisotopic (exact) mass is 560 g/mol. The molecule has 0 aromatic heterocycles. The average molecular weight is 561 g/mol. The van der Waals surface area contributed by atoms with E-state index in [-0.39, 0.29) is 51.4 Å². The van der Waals surface area contributed by atoms with Crippen LogP contribution in [0.4, 0.5) is 0 Å². The molecule has 11 atom stereocenters. The molecule has 41 heavy (non-hydrogen) atoms. The Balaban J connectivity index is 1.20. The first-order valence-electron chi connectivity index (χ1n) is 16.5. The van der Waals surface area contributed by atoms with E-state index >= 15 is 0 Å². The maximum atomic E-state index is 13.7. The Bertz CT molecular complexity index is 1270. The largest absolute Gasteiger partial charge is 0.460 e. The van der Waals surface area contributed by atoms with E-state index in [0.29, 0.717) is 24.4 Å². The van der Waals surface area contributed by atoms with Crippen molar-refractivity contribution < 1.29 is 19.4 Å². The second-order valence-electron chi connectivity index (χ2n) is 17.0. The molecule has 5 fully saturated rings. The quantitative estimate of drug-likeness (QED) is 0.232. The van der Waals surface area contributed by atoms with Crippen LogP contribution in [0.25, 0.3) is 0 Å². The summed E-state index contributed by atoms with van der Waals surface area (Å²) >= 11 is 0. The molecule has 1 saturated heterocycles. The fraction of sp³-hybridized carbons (Fsp3) is 0.757. The maximum absolute atomic E-state index is 13.7. The Morgan fingerprint density at radius 2 is 1.66 bits per heavy atom. The molecule has 0 spiro atoms. The van der Waals surface area contributed by atoms with Gasteiger partial charge >= 0.3 is 5.97 Å². The molecular formula is C37H52O4. The fourth-order valence-corrected chi connectivity index (χ4v) is 11.8. The number of carbonyl (C=O) groups excluding carboxylic acids is 1. The van der Waals surface area contributed by atoms with Crippen molar-refractivity contribution in [3.8, 4) is 0 Å². The molecule has 0 radical (unpaired) electrons. The van der Waals surface area contributed by atoms with Crippen molar-refractivity contribution in [3.63, 3.8) is 0 Å². The van der Waals surface area contributed by atoms with Crippen molar-refractivity contribution in [2.45, 2.75) is 125 Å². The Kier molecular flexibility index (Phi) is 5.98. The first kappa shape index (κ1) is 28.1. The third kappa shape index (κ3) is 3.62. The van der Waals surface area contributed by atoms with Gasteiger partial charge in [0.2, 0.25) is 0 Å². The van der Waals surface area contributed by atoms with Crippen LogP contribution in [0.3, 0.4) is 0 Å². The SMILES string of the molecule is CC1(C)C2CC[C@]3(C)C(CC=C4C5C[C@@](C)(C(=O)OCc6ccccc6)CC[C@]5(C)CC[C@]43C)[C@@]2(C)[C@@H]2O[C@@H]2[C@@H]1O. The van der Waals surface area contributed by atoms with Gasteiger partial charge in [0.15, 0.2) is 0 Å². The zero-order valence-electron chi connectivity index (χ0n) is 26.5. The second-order valence-corrected chi connectivity index (χ2v) is 17.0. The average Bonchev–Trinajstić information content (AvgIpc) is 3.75. The molecule has 4 nitrogen and oxygen atoms in total. The first-order valence-corrected chi connectivity index (χ1v) is 16.5. The molecule has 6 aliphatic rings. The number of rotatable bonds is 3. The topological polar surface area (TPSA) is 59.1 Å². The van der Waals surface area contributed by atoms with Crippen LogP contribution in [-0.2, 0) is 20.9 Å². The number of ether oxygens (including phenoxy) is 2. The molecule has 3 unspecified atom stereocenters. The Morgan fingerprint density at radius 1 is 0.951 bits per heavy atom. The van der Waals surface area contributed by atoms with Gasteiger partial charge in [-0.1, -0.05) is 83.5 Å². The maximum Gasteiger partial charge on any atom is 0.312 e. The zero-order chi connectivity index (χ0) is 29.2. The summed E-state index contributed by atoms with van der Waals surface area (Å²) in [6, 6.07) is 10.1. The second kappa shape index (κ2) is 8.72. The molecule has 1 heterocycles. The normalized spacial score (nSPS) is 51.1. The summed E-state index contributed by atoms with van der Waals surface area (Å²) < 4.78 is 12.3. The Hall–Kier alpha value is -1.65. The van der Waals surface area contributed by atoms with Crippen LogP contribution in [0.15, 0.2) is 42.0 Å². The van der Waals surface area contributed by atoms with E-state index in [1.54, 1.807) is 5.57 Å². The lowest BCUT2D eigenvalue weighted by molar-refractivity contribution is -0.194. The van der Waals surface area contributed by atoms with Gasteiger partial charge in [-0.15, -0.1) is 0 Å². The number of epoxide rings is 1. The van der Waals surface area contributed by atoms with Gasteiger partial charge in [0.25, 0.3) is 0 Å². The standard InChI is InChI=1S/C37H52O4/c1-32(2)26-15-16-36(6)27(37(26,7)30-28(41-30)29(32)38)14-13-24-25-21-34(4,18-17-33(25,3)19-20-35(24,36)5)31(39)40-22-23-11-9-8-10-12-23/h8-13,25-30,38H,14-22H2,1-7H3/t25?,26?,27?,28-,29+,30-,33-,34+,35-,36-,37+/m1/s1. The number of esters is 1. The molecule has 1 N–H and O–H groups in total. The van der Waals surface area contributed by atoms with E-state index in [9.17, 15) is 9.90 Å². The molecule has 1 aromatic rings. The molecule has 224 valence electrons. The molecule has 4 heteroatoms. The number of carbonyl (C=O) groups is 1. The lowest BCUT2D eigenvalue weighted by Crippen LogP contribution is -2.66. The van der Waals surface area contributed by atoms with Crippen molar-refractivity contribution >= 4 is 5.97 Å². The summed E-state index contributed by atoms with van der Waals surface area (Å²) in [5.41, 5.74) is 2.74. The van der Waals surface area contributed by atoms with Crippen LogP contribution in [0.1, 0.15) is 105 Å². The smallest absolute Gasteiger partial charge is 0.312 e. The van der Waals surface area contributed by atoms with Crippen molar-refractivity contribution in [1.29, 1.82) is 0 Å². The highest BCUT2D eigenvalue weighted by Gasteiger charge is 2.76. The summed E-state index contributed by atoms with van der Waals surface area (Å²) in [5, 5.41) is 11.2. The zero-order valence-corrected chi connectivity index (χ0v) is 26.5. The minimum Gasteiger partial charge on any atom is -0.460 e. The Labute approximate surface area is 247 Å². The molecule has 0 amide bonds. The van der Waals surface area contributed by atoms with Crippen molar-refractivity contribution in [1.82, 2.24) is 0 Å². The van der Waals surface area contributed by atoms with Crippen molar-refractivity contribution in [2.75, 3.05) is 0 Å². The minimum absolute atomic E-state index is 0.00220. The molecule has 5 aliphatic carbocycles. The number of fused-ring (bicyclic) bond motifs is 9. The van der Waals surface area contributed by atoms with Crippen molar-refractivity contribution in [3.05, 3.63) is 47.5 Å². The molecule has 7 rings (SSSR count). The number of aliphatic hydroxyl groups excluding tert-OH is 1. The van der Waals surface area contributed by atoms with E-state index in [4.69, 9.17) is 9.47 Å². The summed E-state index contributed by atoms with van der Waals surface area (Å²) in [7, 11) is 0. The van der Waals surface area contributed by atoms with Crippen LogP contribution in [0.2, 0.25) is 0 Å². The van der Waals surface area contributed by atoms with Crippen LogP contribution < -0.4 is 0 Å². The predicted octanol–water partition coefficient (Wildman–Crippen LogP) is 7.88. The fourth-order valence-electron chi connectivity index (χ4n) is 11.8. The lowest BCUT2D eigenvalue weighted by Gasteiger charge is -2.70. The third-order valence-corrected chi connectivity index (χ3v) is 14.8. The summed E-state index contributed by atoms with van der Waals surface area (Å²) in [4.78, 5) is 13.7. The van der Waals surface area contributed by atoms with Gasteiger partial charge in [0.1, 0.15) is 12.7 Å². The van der Waals surface area contributed by atoms with Gasteiger partial charge in [0.05, 0.1) is 17.6 Å². The molecule has 1 aliphatic heterocycles. The van der Waals surface area contributed by atoms with Gasteiger partial charge in [-0.25, -0.2) is 0 Å². The molecule has 1 aromatic carbocycles.